The van der Waals surface area contributed by atoms with E-state index in [1.165, 1.54) is 0 Å². The molecule has 0 bridgehead atoms. The Balaban J connectivity index is 1.63. The van der Waals surface area contributed by atoms with Gasteiger partial charge in [0.15, 0.2) is 5.82 Å². The molecule has 0 unspecified atom stereocenters. The lowest BCUT2D eigenvalue weighted by Crippen LogP contribution is -2.19. The molecule has 1 aliphatic heterocycles. The average Bonchev–Trinajstić information content (AvgIpc) is 3.03. The van der Waals surface area contributed by atoms with Crippen LogP contribution in [-0.4, -0.2) is 33.3 Å². The third-order valence-electron chi connectivity index (χ3n) is 3.41. The SMILES string of the molecule is Cc1noc([C@@H]2CCN(Cc3cnoc3C)C2)n1. The van der Waals surface area contributed by atoms with E-state index in [-0.39, 0.29) is 0 Å². The van der Waals surface area contributed by atoms with Crippen molar-refractivity contribution in [3.63, 3.8) is 0 Å². The first kappa shape index (κ1) is 11.4. The highest BCUT2D eigenvalue weighted by molar-refractivity contribution is 5.12. The minimum atomic E-state index is 0.353. The van der Waals surface area contributed by atoms with Gasteiger partial charge >= 0.3 is 0 Å². The lowest BCUT2D eigenvalue weighted by molar-refractivity contribution is 0.306. The molecule has 1 saturated heterocycles. The van der Waals surface area contributed by atoms with Gasteiger partial charge in [-0.15, -0.1) is 0 Å². The van der Waals surface area contributed by atoms with Gasteiger partial charge in [-0.25, -0.2) is 0 Å². The summed E-state index contributed by atoms with van der Waals surface area (Å²) in [5.74, 6) is 2.72. The van der Waals surface area contributed by atoms with Crippen LogP contribution in [0.2, 0.25) is 0 Å². The van der Waals surface area contributed by atoms with E-state index in [0.717, 1.165) is 43.3 Å². The standard InChI is InChI=1S/C12H16N4O2/c1-8-11(5-13-17-8)7-16-4-3-10(6-16)12-14-9(2)15-18-12/h5,10H,3-4,6-7H2,1-2H3/t10-/m1/s1. The molecule has 6 nitrogen and oxygen atoms in total. The summed E-state index contributed by atoms with van der Waals surface area (Å²) in [6.07, 6.45) is 2.85. The van der Waals surface area contributed by atoms with Crippen molar-refractivity contribution < 1.29 is 9.05 Å². The van der Waals surface area contributed by atoms with Gasteiger partial charge in [-0.1, -0.05) is 10.3 Å². The lowest BCUT2D eigenvalue weighted by atomic mass is 10.1. The molecule has 0 saturated carbocycles. The van der Waals surface area contributed by atoms with E-state index in [1.54, 1.807) is 6.20 Å². The highest BCUT2D eigenvalue weighted by atomic mass is 16.5. The van der Waals surface area contributed by atoms with Gasteiger partial charge < -0.3 is 9.05 Å². The number of aryl methyl sites for hydroxylation is 2. The van der Waals surface area contributed by atoms with Crippen LogP contribution in [0.25, 0.3) is 0 Å². The first-order valence-electron chi connectivity index (χ1n) is 6.15. The van der Waals surface area contributed by atoms with Gasteiger partial charge in [0.2, 0.25) is 5.89 Å². The molecule has 0 aliphatic carbocycles. The number of likely N-dealkylation sites (tertiary alicyclic amines) is 1. The van der Waals surface area contributed by atoms with Crippen molar-refractivity contribution in [1.29, 1.82) is 0 Å². The number of nitrogens with zero attached hydrogens (tertiary/aromatic N) is 4. The van der Waals surface area contributed by atoms with Crippen LogP contribution < -0.4 is 0 Å². The fourth-order valence-electron chi connectivity index (χ4n) is 2.37. The molecule has 3 heterocycles. The van der Waals surface area contributed by atoms with E-state index in [4.69, 9.17) is 9.05 Å². The van der Waals surface area contributed by atoms with Crippen LogP contribution in [-0.2, 0) is 6.54 Å². The second kappa shape index (κ2) is 4.53. The van der Waals surface area contributed by atoms with Crippen LogP contribution in [0, 0.1) is 13.8 Å². The van der Waals surface area contributed by atoms with Crippen LogP contribution in [0.5, 0.6) is 0 Å². The number of aromatic nitrogens is 3. The Morgan fingerprint density at radius 3 is 2.94 bits per heavy atom. The van der Waals surface area contributed by atoms with E-state index < -0.39 is 0 Å². The van der Waals surface area contributed by atoms with Gasteiger partial charge in [0.05, 0.1) is 12.1 Å². The molecule has 0 spiro atoms. The number of hydrogen-bond acceptors (Lipinski definition) is 6. The van der Waals surface area contributed by atoms with Crippen molar-refractivity contribution in [3.05, 3.63) is 29.2 Å². The second-order valence-electron chi connectivity index (χ2n) is 4.81. The van der Waals surface area contributed by atoms with E-state index in [2.05, 4.69) is 20.2 Å². The predicted octanol–water partition coefficient (Wildman–Crippen LogP) is 1.66. The quantitative estimate of drug-likeness (QED) is 0.823. The van der Waals surface area contributed by atoms with Crippen LogP contribution >= 0.6 is 0 Å². The van der Waals surface area contributed by atoms with Crippen LogP contribution in [0.4, 0.5) is 0 Å². The molecule has 1 fully saturated rings. The molecular weight excluding hydrogens is 232 g/mol. The minimum absolute atomic E-state index is 0.353. The number of rotatable bonds is 3. The molecule has 0 aromatic carbocycles. The molecule has 2 aromatic rings. The topological polar surface area (TPSA) is 68.2 Å². The highest BCUT2D eigenvalue weighted by Crippen LogP contribution is 2.27. The summed E-state index contributed by atoms with van der Waals surface area (Å²) < 4.78 is 10.3. The van der Waals surface area contributed by atoms with Crippen molar-refractivity contribution in [2.24, 2.45) is 0 Å². The predicted molar refractivity (Wildman–Crippen MR) is 62.9 cm³/mol. The first-order chi connectivity index (χ1) is 8.72. The van der Waals surface area contributed by atoms with Gasteiger partial charge in [0.25, 0.3) is 0 Å². The summed E-state index contributed by atoms with van der Waals surface area (Å²) in [6.45, 7) is 6.65. The Labute approximate surface area is 105 Å². The fourth-order valence-corrected chi connectivity index (χ4v) is 2.37. The Hall–Kier alpha value is -1.69. The molecule has 0 radical (unpaired) electrons. The van der Waals surface area contributed by atoms with Gasteiger partial charge in [0.1, 0.15) is 5.76 Å². The summed E-state index contributed by atoms with van der Waals surface area (Å²) in [6, 6.07) is 0. The van der Waals surface area contributed by atoms with E-state index in [0.29, 0.717) is 11.7 Å². The first-order valence-corrected chi connectivity index (χ1v) is 6.15. The monoisotopic (exact) mass is 248 g/mol. The molecule has 3 rings (SSSR count). The van der Waals surface area contributed by atoms with Crippen molar-refractivity contribution in [2.75, 3.05) is 13.1 Å². The van der Waals surface area contributed by atoms with Crippen molar-refractivity contribution in [2.45, 2.75) is 32.7 Å². The fraction of sp³-hybridized carbons (Fsp3) is 0.583. The molecule has 0 N–H and O–H groups in total. The summed E-state index contributed by atoms with van der Waals surface area (Å²) >= 11 is 0. The number of hydrogen-bond donors (Lipinski definition) is 0. The van der Waals surface area contributed by atoms with E-state index in [1.807, 2.05) is 13.8 Å². The largest absolute Gasteiger partial charge is 0.361 e. The normalized spacial score (nSPS) is 20.7. The van der Waals surface area contributed by atoms with Crippen LogP contribution in [0.1, 0.15) is 35.4 Å². The third-order valence-corrected chi connectivity index (χ3v) is 3.41. The maximum atomic E-state index is 5.24. The van der Waals surface area contributed by atoms with E-state index in [9.17, 15) is 0 Å². The minimum Gasteiger partial charge on any atom is -0.361 e. The van der Waals surface area contributed by atoms with Crippen molar-refractivity contribution in [1.82, 2.24) is 20.2 Å². The zero-order valence-corrected chi connectivity index (χ0v) is 10.6. The average molecular weight is 248 g/mol. The van der Waals surface area contributed by atoms with Gasteiger partial charge in [-0.05, 0) is 26.8 Å². The zero-order chi connectivity index (χ0) is 12.5. The summed E-state index contributed by atoms with van der Waals surface area (Å²) in [5.41, 5.74) is 1.15. The second-order valence-corrected chi connectivity index (χ2v) is 4.81. The Kier molecular flexibility index (Phi) is 2.87. The molecule has 1 aliphatic rings. The van der Waals surface area contributed by atoms with E-state index >= 15 is 0 Å². The molecule has 2 aromatic heterocycles. The molecule has 1 atom stereocenters. The molecule has 96 valence electrons. The molecule has 6 heteroatoms. The molecular formula is C12H16N4O2. The van der Waals surface area contributed by atoms with Crippen molar-refractivity contribution in [3.8, 4) is 0 Å². The Bertz CT molecular complexity index is 534. The van der Waals surface area contributed by atoms with Crippen LogP contribution in [0.15, 0.2) is 15.2 Å². The Morgan fingerprint density at radius 1 is 1.39 bits per heavy atom. The Morgan fingerprint density at radius 2 is 2.28 bits per heavy atom. The van der Waals surface area contributed by atoms with Crippen molar-refractivity contribution >= 4 is 0 Å². The lowest BCUT2D eigenvalue weighted by Gasteiger charge is -2.13. The zero-order valence-electron chi connectivity index (χ0n) is 10.6. The maximum Gasteiger partial charge on any atom is 0.231 e. The van der Waals surface area contributed by atoms with Crippen LogP contribution in [0.3, 0.4) is 0 Å². The molecule has 0 amide bonds. The van der Waals surface area contributed by atoms with Gasteiger partial charge in [-0.3, -0.25) is 4.90 Å². The van der Waals surface area contributed by atoms with Gasteiger partial charge in [-0.2, -0.15) is 4.98 Å². The summed E-state index contributed by atoms with van der Waals surface area (Å²) in [4.78, 5) is 6.67. The maximum absolute atomic E-state index is 5.24. The summed E-state index contributed by atoms with van der Waals surface area (Å²) in [7, 11) is 0. The highest BCUT2D eigenvalue weighted by Gasteiger charge is 2.28. The summed E-state index contributed by atoms with van der Waals surface area (Å²) in [5, 5.41) is 7.65. The van der Waals surface area contributed by atoms with Gasteiger partial charge in [0, 0.05) is 18.7 Å². The third kappa shape index (κ3) is 2.15. The smallest absolute Gasteiger partial charge is 0.231 e. The molecule has 18 heavy (non-hydrogen) atoms.